The predicted octanol–water partition coefficient (Wildman–Crippen LogP) is 4.55. The Morgan fingerprint density at radius 3 is 2.61 bits per heavy atom. The van der Waals surface area contributed by atoms with Crippen LogP contribution in [-0.2, 0) is 6.42 Å². The van der Waals surface area contributed by atoms with Crippen LogP contribution in [0.5, 0.6) is 5.75 Å². The first-order chi connectivity index (χ1) is 8.44. The number of benzene rings is 1. The molecule has 1 aromatic carbocycles. The number of hydrogen-bond acceptors (Lipinski definition) is 2. The van der Waals surface area contributed by atoms with Crippen LogP contribution >= 0.6 is 23.2 Å². The molecule has 0 fully saturated rings. The Balaban J connectivity index is 2.56. The van der Waals surface area contributed by atoms with Gasteiger partial charge in [-0.3, -0.25) is 4.79 Å². The normalized spacial score (nSPS) is 22.2. The second-order valence-corrected chi connectivity index (χ2v) is 5.81. The zero-order valence-electron chi connectivity index (χ0n) is 10.8. The molecule has 0 spiro atoms. The largest absolute Gasteiger partial charge is 0.495 e. The number of Topliss-reactive ketones (excluding diaryl/α,β-unsaturated/α-hetero) is 1. The summed E-state index contributed by atoms with van der Waals surface area (Å²) in [5.74, 6) is 0.642. The van der Waals surface area contributed by atoms with Crippen molar-refractivity contribution in [2.24, 2.45) is 5.41 Å². The molecule has 0 bridgehead atoms. The van der Waals surface area contributed by atoms with E-state index in [0.29, 0.717) is 27.8 Å². The van der Waals surface area contributed by atoms with Crippen LogP contribution in [-0.4, -0.2) is 12.9 Å². The highest BCUT2D eigenvalue weighted by Gasteiger charge is 2.43. The van der Waals surface area contributed by atoms with Gasteiger partial charge in [0.25, 0.3) is 0 Å². The Bertz CT molecular complexity index is 511. The summed E-state index contributed by atoms with van der Waals surface area (Å²) in [6.45, 7) is 4.08. The minimum Gasteiger partial charge on any atom is -0.495 e. The van der Waals surface area contributed by atoms with Crippen LogP contribution in [0.2, 0.25) is 10.0 Å². The minimum atomic E-state index is -0.351. The molecule has 18 heavy (non-hydrogen) atoms. The van der Waals surface area contributed by atoms with Crippen LogP contribution < -0.4 is 4.74 Å². The summed E-state index contributed by atoms with van der Waals surface area (Å²) in [5, 5.41) is 0.655. The molecule has 1 aliphatic carbocycles. The maximum atomic E-state index is 12.5. The van der Waals surface area contributed by atoms with E-state index in [1.165, 1.54) is 0 Å². The fourth-order valence-corrected chi connectivity index (χ4v) is 3.27. The molecule has 1 unspecified atom stereocenters. The molecule has 0 aromatic heterocycles. The van der Waals surface area contributed by atoms with Crippen molar-refractivity contribution < 1.29 is 9.53 Å². The molecule has 2 nitrogen and oxygen atoms in total. The van der Waals surface area contributed by atoms with Crippen LogP contribution in [0.25, 0.3) is 0 Å². The minimum absolute atomic E-state index is 0.105. The zero-order chi connectivity index (χ0) is 13.5. The molecule has 1 aliphatic rings. The van der Waals surface area contributed by atoms with Crippen LogP contribution in [0.1, 0.15) is 42.6 Å². The quantitative estimate of drug-likeness (QED) is 0.815. The Kier molecular flexibility index (Phi) is 3.61. The molecule has 98 valence electrons. The third-order valence-corrected chi connectivity index (χ3v) is 4.48. The van der Waals surface area contributed by atoms with Crippen molar-refractivity contribution in [3.63, 3.8) is 0 Å². The van der Waals surface area contributed by atoms with Gasteiger partial charge in [-0.2, -0.15) is 0 Å². The monoisotopic (exact) mass is 286 g/mol. The first kappa shape index (κ1) is 13.7. The Morgan fingerprint density at radius 1 is 1.39 bits per heavy atom. The number of hydrogen-bond donors (Lipinski definition) is 0. The van der Waals surface area contributed by atoms with Crippen molar-refractivity contribution in [1.29, 1.82) is 0 Å². The lowest BCUT2D eigenvalue weighted by Crippen LogP contribution is -2.23. The van der Waals surface area contributed by atoms with Gasteiger partial charge in [0, 0.05) is 11.0 Å². The topological polar surface area (TPSA) is 26.3 Å². The predicted molar refractivity (Wildman–Crippen MR) is 74.1 cm³/mol. The summed E-state index contributed by atoms with van der Waals surface area (Å²) in [4.78, 5) is 12.5. The van der Waals surface area contributed by atoms with Crippen molar-refractivity contribution in [3.8, 4) is 5.75 Å². The number of carbonyl (C=O) groups excluding carboxylic acids is 1. The summed E-state index contributed by atoms with van der Waals surface area (Å²) in [7, 11) is 1.55. The second kappa shape index (κ2) is 4.75. The van der Waals surface area contributed by atoms with E-state index in [1.54, 1.807) is 7.11 Å². The van der Waals surface area contributed by atoms with Gasteiger partial charge < -0.3 is 4.74 Å². The van der Waals surface area contributed by atoms with Crippen molar-refractivity contribution in [1.82, 2.24) is 0 Å². The number of ether oxygens (including phenoxy) is 1. The standard InChI is InChI=1S/C14H16Cl2O2/c1-4-5-14(2)7-8-6-9(18-3)11(15)12(16)10(8)13(14)17/h6H,4-5,7H2,1-3H3. The van der Waals surface area contributed by atoms with Gasteiger partial charge in [0.15, 0.2) is 5.78 Å². The molecule has 0 aliphatic heterocycles. The average molecular weight is 287 g/mol. The summed E-state index contributed by atoms with van der Waals surface area (Å²) in [6.07, 6.45) is 2.54. The van der Waals surface area contributed by atoms with E-state index in [9.17, 15) is 4.79 Å². The van der Waals surface area contributed by atoms with Gasteiger partial charge in [-0.15, -0.1) is 0 Å². The lowest BCUT2D eigenvalue weighted by Gasteiger charge is -2.20. The van der Waals surface area contributed by atoms with Crippen LogP contribution in [0, 0.1) is 5.41 Å². The number of carbonyl (C=O) groups is 1. The molecule has 1 atom stereocenters. The van der Waals surface area contributed by atoms with E-state index >= 15 is 0 Å². The highest BCUT2D eigenvalue weighted by molar-refractivity contribution is 6.45. The molecule has 0 saturated heterocycles. The fourth-order valence-electron chi connectivity index (χ4n) is 2.74. The van der Waals surface area contributed by atoms with Crippen LogP contribution in [0.4, 0.5) is 0 Å². The van der Waals surface area contributed by atoms with E-state index < -0.39 is 0 Å². The molecule has 2 rings (SSSR count). The number of halogens is 2. The van der Waals surface area contributed by atoms with E-state index in [4.69, 9.17) is 27.9 Å². The molecule has 0 radical (unpaired) electrons. The molecule has 1 aromatic rings. The van der Waals surface area contributed by atoms with E-state index in [0.717, 1.165) is 18.4 Å². The Hall–Kier alpha value is -0.730. The second-order valence-electron chi connectivity index (χ2n) is 5.06. The Morgan fingerprint density at radius 2 is 2.06 bits per heavy atom. The maximum Gasteiger partial charge on any atom is 0.170 e. The van der Waals surface area contributed by atoms with Gasteiger partial charge in [-0.05, 0) is 24.5 Å². The fraction of sp³-hybridized carbons (Fsp3) is 0.500. The molecule has 0 saturated carbocycles. The van der Waals surface area contributed by atoms with E-state index in [2.05, 4.69) is 6.92 Å². The van der Waals surface area contributed by atoms with Gasteiger partial charge in [-0.1, -0.05) is 43.5 Å². The van der Waals surface area contributed by atoms with Crippen molar-refractivity contribution in [2.75, 3.05) is 7.11 Å². The molecule has 0 N–H and O–H groups in total. The number of methoxy groups -OCH3 is 1. The molecule has 0 heterocycles. The lowest BCUT2D eigenvalue weighted by atomic mass is 9.82. The first-order valence-corrected chi connectivity index (χ1v) is 6.80. The van der Waals surface area contributed by atoms with Gasteiger partial charge >= 0.3 is 0 Å². The van der Waals surface area contributed by atoms with Gasteiger partial charge in [0.05, 0.1) is 12.1 Å². The lowest BCUT2D eigenvalue weighted by molar-refractivity contribution is 0.0829. The summed E-state index contributed by atoms with van der Waals surface area (Å²) in [5.41, 5.74) is 1.18. The molecular formula is C14H16Cl2O2. The van der Waals surface area contributed by atoms with Gasteiger partial charge in [0.2, 0.25) is 0 Å². The van der Waals surface area contributed by atoms with Crippen molar-refractivity contribution in [3.05, 3.63) is 27.2 Å². The number of rotatable bonds is 3. The van der Waals surface area contributed by atoms with Gasteiger partial charge in [0.1, 0.15) is 10.8 Å². The number of fused-ring (bicyclic) bond motifs is 1. The third-order valence-electron chi connectivity index (χ3n) is 3.63. The molecule has 0 amide bonds. The number of ketones is 1. The highest BCUT2D eigenvalue weighted by atomic mass is 35.5. The third kappa shape index (κ3) is 1.92. The summed E-state index contributed by atoms with van der Waals surface area (Å²) >= 11 is 12.3. The SMILES string of the molecule is CCCC1(C)Cc2cc(OC)c(Cl)c(Cl)c2C1=O. The van der Waals surface area contributed by atoms with Crippen LogP contribution in [0.15, 0.2) is 6.07 Å². The van der Waals surface area contributed by atoms with Gasteiger partial charge in [-0.25, -0.2) is 0 Å². The molecule has 4 heteroatoms. The maximum absolute atomic E-state index is 12.5. The van der Waals surface area contributed by atoms with Crippen molar-refractivity contribution >= 4 is 29.0 Å². The first-order valence-electron chi connectivity index (χ1n) is 6.04. The summed E-state index contributed by atoms with van der Waals surface area (Å²) in [6, 6.07) is 1.84. The highest BCUT2D eigenvalue weighted by Crippen LogP contribution is 2.47. The van der Waals surface area contributed by atoms with Crippen LogP contribution in [0.3, 0.4) is 0 Å². The zero-order valence-corrected chi connectivity index (χ0v) is 12.3. The van der Waals surface area contributed by atoms with E-state index in [-0.39, 0.29) is 11.2 Å². The average Bonchev–Trinajstić information content (AvgIpc) is 2.57. The smallest absolute Gasteiger partial charge is 0.170 e. The Labute approximate surface area is 117 Å². The summed E-state index contributed by atoms with van der Waals surface area (Å²) < 4.78 is 5.19. The van der Waals surface area contributed by atoms with Crippen molar-refractivity contribution in [2.45, 2.75) is 33.1 Å². The van der Waals surface area contributed by atoms with E-state index in [1.807, 2.05) is 13.0 Å². The molecular weight excluding hydrogens is 271 g/mol.